The largest absolute Gasteiger partial charge is 0.477 e. The van der Waals surface area contributed by atoms with Crippen molar-refractivity contribution in [1.82, 2.24) is 20.0 Å². The van der Waals surface area contributed by atoms with Gasteiger partial charge in [0.15, 0.2) is 0 Å². The topological polar surface area (TPSA) is 62.1 Å². The van der Waals surface area contributed by atoms with E-state index < -0.39 is 0 Å². The number of rotatable bonds is 7. The number of thioether (sulfide) groups is 1. The van der Waals surface area contributed by atoms with Crippen molar-refractivity contribution in [2.75, 3.05) is 26.1 Å². The lowest BCUT2D eigenvalue weighted by atomic mass is 10.0. The molecule has 1 aliphatic rings. The third kappa shape index (κ3) is 4.94. The zero-order valence-corrected chi connectivity index (χ0v) is 14.2. The summed E-state index contributed by atoms with van der Waals surface area (Å²) in [7, 11) is 0. The number of hydrogen-bond donors (Lipinski definition) is 0. The van der Waals surface area contributed by atoms with E-state index in [9.17, 15) is 0 Å². The van der Waals surface area contributed by atoms with Crippen LogP contribution in [0.1, 0.15) is 24.1 Å². The molecular weight excluding hydrogens is 312 g/mol. The van der Waals surface area contributed by atoms with Crippen molar-refractivity contribution < 1.29 is 9.47 Å². The molecule has 6 nitrogen and oxygen atoms in total. The van der Waals surface area contributed by atoms with E-state index in [1.165, 1.54) is 0 Å². The molecule has 0 aliphatic carbocycles. The van der Waals surface area contributed by atoms with Crippen molar-refractivity contribution >= 4 is 11.8 Å². The first-order chi connectivity index (χ1) is 11.3. The van der Waals surface area contributed by atoms with E-state index in [4.69, 9.17) is 9.47 Å². The molecule has 0 radical (unpaired) electrons. The molecule has 0 saturated carbocycles. The smallest absolute Gasteiger partial charge is 0.213 e. The van der Waals surface area contributed by atoms with E-state index in [-0.39, 0.29) is 0 Å². The summed E-state index contributed by atoms with van der Waals surface area (Å²) in [4.78, 5) is 4.30. The second-order valence-electron chi connectivity index (χ2n) is 5.71. The Bertz CT molecular complexity index is 614. The first-order valence-electron chi connectivity index (χ1n) is 7.87. The van der Waals surface area contributed by atoms with Crippen LogP contribution in [-0.4, -0.2) is 46.1 Å². The summed E-state index contributed by atoms with van der Waals surface area (Å²) < 4.78 is 13.1. The van der Waals surface area contributed by atoms with E-state index in [0.717, 1.165) is 43.1 Å². The Morgan fingerprint density at radius 1 is 1.39 bits per heavy atom. The highest BCUT2D eigenvalue weighted by molar-refractivity contribution is 7.97. The van der Waals surface area contributed by atoms with E-state index >= 15 is 0 Å². The minimum absolute atomic E-state index is 0.568. The molecule has 124 valence electrons. The Morgan fingerprint density at radius 2 is 2.26 bits per heavy atom. The van der Waals surface area contributed by atoms with Gasteiger partial charge in [-0.05, 0) is 36.6 Å². The average molecular weight is 334 g/mol. The van der Waals surface area contributed by atoms with Gasteiger partial charge in [0.05, 0.1) is 18.8 Å². The molecule has 23 heavy (non-hydrogen) atoms. The van der Waals surface area contributed by atoms with Gasteiger partial charge in [-0.25, -0.2) is 9.67 Å². The Morgan fingerprint density at radius 3 is 3.09 bits per heavy atom. The molecule has 0 atom stereocenters. The first-order valence-corrected chi connectivity index (χ1v) is 9.26. The quantitative estimate of drug-likeness (QED) is 0.775. The van der Waals surface area contributed by atoms with Crippen LogP contribution in [0, 0.1) is 5.92 Å². The molecule has 1 saturated heterocycles. The summed E-state index contributed by atoms with van der Waals surface area (Å²) in [5.74, 6) is 2.13. The fourth-order valence-corrected chi connectivity index (χ4v) is 2.99. The lowest BCUT2D eigenvalue weighted by Crippen LogP contribution is -2.21. The minimum Gasteiger partial charge on any atom is -0.477 e. The summed E-state index contributed by atoms with van der Waals surface area (Å²) in [6.07, 6.45) is 7.96. The van der Waals surface area contributed by atoms with Gasteiger partial charge in [-0.2, -0.15) is 11.8 Å². The lowest BCUT2D eigenvalue weighted by molar-refractivity contribution is 0.0490. The van der Waals surface area contributed by atoms with Gasteiger partial charge in [0.25, 0.3) is 0 Å². The van der Waals surface area contributed by atoms with E-state index in [0.29, 0.717) is 24.9 Å². The summed E-state index contributed by atoms with van der Waals surface area (Å²) >= 11 is 1.74. The van der Waals surface area contributed by atoms with Gasteiger partial charge in [-0.15, -0.1) is 5.10 Å². The molecule has 3 heterocycles. The SMILES string of the molecule is CSCc1cn(Cc2ccnc(OCC3CCOCC3)c2)nn1. The predicted molar refractivity (Wildman–Crippen MR) is 89.6 cm³/mol. The summed E-state index contributed by atoms with van der Waals surface area (Å²) in [6.45, 7) is 3.07. The van der Waals surface area contributed by atoms with Gasteiger partial charge in [0, 0.05) is 37.4 Å². The normalized spacial score (nSPS) is 15.7. The van der Waals surface area contributed by atoms with Crippen molar-refractivity contribution in [3.05, 3.63) is 35.8 Å². The van der Waals surface area contributed by atoms with Crippen molar-refractivity contribution in [2.24, 2.45) is 5.92 Å². The standard InChI is InChI=1S/C16H22N4O2S/c1-23-12-15-10-20(19-18-15)9-14-2-5-17-16(8-14)22-11-13-3-6-21-7-4-13/h2,5,8,10,13H,3-4,6-7,9,11-12H2,1H3. The maximum absolute atomic E-state index is 5.85. The van der Waals surface area contributed by atoms with Crippen LogP contribution in [0.15, 0.2) is 24.5 Å². The zero-order chi connectivity index (χ0) is 15.9. The highest BCUT2D eigenvalue weighted by Crippen LogP contribution is 2.17. The molecule has 0 amide bonds. The fourth-order valence-electron chi connectivity index (χ4n) is 2.56. The van der Waals surface area contributed by atoms with Gasteiger partial charge >= 0.3 is 0 Å². The highest BCUT2D eigenvalue weighted by Gasteiger charge is 2.14. The second kappa shape index (κ2) is 8.31. The third-order valence-corrected chi connectivity index (χ3v) is 4.41. The Balaban J connectivity index is 1.55. The molecule has 0 N–H and O–H groups in total. The Labute approximate surface area is 140 Å². The number of pyridine rings is 1. The first kappa shape index (κ1) is 16.3. The van der Waals surface area contributed by atoms with Crippen LogP contribution in [-0.2, 0) is 17.0 Å². The van der Waals surface area contributed by atoms with Gasteiger partial charge in [-0.3, -0.25) is 0 Å². The average Bonchev–Trinajstić information content (AvgIpc) is 3.02. The molecule has 1 aliphatic heterocycles. The predicted octanol–water partition coefficient (Wildman–Crippen LogP) is 2.39. The van der Waals surface area contributed by atoms with Crippen LogP contribution in [0.25, 0.3) is 0 Å². The Kier molecular flexibility index (Phi) is 5.87. The summed E-state index contributed by atoms with van der Waals surface area (Å²) in [5.41, 5.74) is 2.12. The monoisotopic (exact) mass is 334 g/mol. The molecule has 0 spiro atoms. The molecule has 1 fully saturated rings. The van der Waals surface area contributed by atoms with Crippen LogP contribution in [0.3, 0.4) is 0 Å². The van der Waals surface area contributed by atoms with Crippen molar-refractivity contribution in [1.29, 1.82) is 0 Å². The number of hydrogen-bond acceptors (Lipinski definition) is 6. The van der Waals surface area contributed by atoms with E-state index in [2.05, 4.69) is 21.6 Å². The molecule has 2 aromatic heterocycles. The van der Waals surface area contributed by atoms with Crippen LogP contribution in [0.5, 0.6) is 5.88 Å². The molecule has 0 aromatic carbocycles. The number of aromatic nitrogens is 4. The molecule has 0 unspecified atom stereocenters. The van der Waals surface area contributed by atoms with Crippen molar-refractivity contribution in [2.45, 2.75) is 25.1 Å². The van der Waals surface area contributed by atoms with Crippen LogP contribution in [0.4, 0.5) is 0 Å². The lowest BCUT2D eigenvalue weighted by Gasteiger charge is -2.21. The summed E-state index contributed by atoms with van der Waals surface area (Å²) in [5, 5.41) is 8.31. The molecule has 3 rings (SSSR count). The third-order valence-electron chi connectivity index (χ3n) is 3.83. The summed E-state index contributed by atoms with van der Waals surface area (Å²) in [6, 6.07) is 3.96. The number of nitrogens with zero attached hydrogens (tertiary/aromatic N) is 4. The maximum Gasteiger partial charge on any atom is 0.213 e. The van der Waals surface area contributed by atoms with Gasteiger partial charge in [0.2, 0.25) is 5.88 Å². The highest BCUT2D eigenvalue weighted by atomic mass is 32.2. The van der Waals surface area contributed by atoms with Crippen molar-refractivity contribution in [3.8, 4) is 5.88 Å². The van der Waals surface area contributed by atoms with E-state index in [1.807, 2.05) is 23.0 Å². The Hall–Kier alpha value is -1.60. The van der Waals surface area contributed by atoms with Crippen LogP contribution in [0.2, 0.25) is 0 Å². The number of ether oxygens (including phenoxy) is 2. The van der Waals surface area contributed by atoms with Crippen molar-refractivity contribution in [3.63, 3.8) is 0 Å². The second-order valence-corrected chi connectivity index (χ2v) is 6.58. The molecule has 0 bridgehead atoms. The maximum atomic E-state index is 5.85. The van der Waals surface area contributed by atoms with E-state index in [1.54, 1.807) is 18.0 Å². The van der Waals surface area contributed by atoms with Crippen LogP contribution < -0.4 is 4.74 Å². The molecule has 7 heteroatoms. The minimum atomic E-state index is 0.568. The van der Waals surface area contributed by atoms with Crippen LogP contribution >= 0.6 is 11.8 Å². The molecule has 2 aromatic rings. The molecular formula is C16H22N4O2S. The van der Waals surface area contributed by atoms with Gasteiger partial charge in [0.1, 0.15) is 0 Å². The van der Waals surface area contributed by atoms with Gasteiger partial charge < -0.3 is 9.47 Å². The fraction of sp³-hybridized carbons (Fsp3) is 0.562. The zero-order valence-electron chi connectivity index (χ0n) is 13.4. The van der Waals surface area contributed by atoms with Gasteiger partial charge in [-0.1, -0.05) is 5.21 Å².